The van der Waals surface area contributed by atoms with Crippen molar-refractivity contribution < 1.29 is 18.4 Å². The van der Waals surface area contributed by atoms with Crippen molar-refractivity contribution >= 4 is 28.7 Å². The Bertz CT molecular complexity index is 1120. The number of likely N-dealkylation sites (tertiary alicyclic amines) is 1. The number of Topliss-reactive ketones (excluding diaryl/α,β-unsaturated/α-hetero) is 1. The molecule has 2 saturated heterocycles. The van der Waals surface area contributed by atoms with Crippen LogP contribution in [0, 0.1) is 11.3 Å². The highest BCUT2D eigenvalue weighted by atomic mass is 19.3. The smallest absolute Gasteiger partial charge is 0.268 e. The summed E-state index contributed by atoms with van der Waals surface area (Å²) in [5.74, 6) is -3.95. The van der Waals surface area contributed by atoms with Gasteiger partial charge in [-0.15, -0.1) is 0 Å². The molecule has 0 saturated carbocycles. The number of amides is 1. The van der Waals surface area contributed by atoms with Gasteiger partial charge in [0.1, 0.15) is 6.04 Å². The highest BCUT2D eigenvalue weighted by Crippen LogP contribution is 2.32. The molecule has 0 aliphatic carbocycles. The molecule has 2 aliphatic heterocycles. The number of nitrogens with zero attached hydrogens (tertiary/aromatic N) is 4. The molecule has 1 aromatic heterocycles. The highest BCUT2D eigenvalue weighted by molar-refractivity contribution is 6.08. The zero-order chi connectivity index (χ0) is 23.4. The number of ketones is 1. The Hall–Kier alpha value is -3.38. The molecule has 1 N–H and O–H groups in total. The molecular formula is C24H25F2N5O2. The van der Waals surface area contributed by atoms with Gasteiger partial charge in [0.15, 0.2) is 5.78 Å². The number of carbonyl (C=O) groups excluding carboxylic acids is 2. The summed E-state index contributed by atoms with van der Waals surface area (Å²) in [6, 6.07) is 7.88. The monoisotopic (exact) mass is 453 g/mol. The number of fused-ring (bicyclic) bond motifs is 1. The summed E-state index contributed by atoms with van der Waals surface area (Å²) in [6.45, 7) is 2.96. The zero-order valence-corrected chi connectivity index (χ0v) is 18.1. The first kappa shape index (κ1) is 22.8. The lowest BCUT2D eigenvalue weighted by Gasteiger charge is -2.25. The van der Waals surface area contributed by atoms with E-state index in [1.165, 1.54) is 0 Å². The fourth-order valence-electron chi connectivity index (χ4n) is 4.23. The molecule has 172 valence electrons. The average Bonchev–Trinajstić information content (AvgIpc) is 3.15. The molecule has 0 bridgehead atoms. The standard InChI is InChI=1S/C24H25F2N5O2/c25-24(26)14-18(15-27)31(16-24)23(33)4-3-22(32)19-5-7-29-21-2-1-17(13-20(19)21)6-10-30-11-8-28-9-12-30/h1-2,5-7,10,13,18,28H,3-4,8-9,11-12,14,16H2/b10-6+/t18-/m0/s1. The van der Waals surface area contributed by atoms with Gasteiger partial charge in [0, 0.05) is 62.6 Å². The summed E-state index contributed by atoms with van der Waals surface area (Å²) in [5, 5.41) is 13.1. The van der Waals surface area contributed by atoms with E-state index in [2.05, 4.69) is 15.2 Å². The van der Waals surface area contributed by atoms with Crippen LogP contribution in [-0.4, -0.2) is 71.2 Å². The van der Waals surface area contributed by atoms with E-state index in [1.807, 2.05) is 30.5 Å². The lowest BCUT2D eigenvalue weighted by atomic mass is 10.00. The third-order valence-electron chi connectivity index (χ3n) is 6.00. The summed E-state index contributed by atoms with van der Waals surface area (Å²) < 4.78 is 27.2. The molecule has 1 atom stereocenters. The Balaban J connectivity index is 1.47. The van der Waals surface area contributed by atoms with E-state index in [9.17, 15) is 18.4 Å². The van der Waals surface area contributed by atoms with Crippen LogP contribution in [0.4, 0.5) is 8.78 Å². The number of nitriles is 1. The van der Waals surface area contributed by atoms with E-state index in [4.69, 9.17) is 5.26 Å². The van der Waals surface area contributed by atoms with Crippen LogP contribution in [-0.2, 0) is 4.79 Å². The number of piperazine rings is 1. The van der Waals surface area contributed by atoms with Crippen molar-refractivity contribution in [3.63, 3.8) is 0 Å². The number of benzene rings is 1. The molecule has 2 aliphatic rings. The number of nitrogens with one attached hydrogen (secondary N) is 1. The van der Waals surface area contributed by atoms with Gasteiger partial charge in [0.2, 0.25) is 5.91 Å². The van der Waals surface area contributed by atoms with Crippen molar-refractivity contribution in [3.8, 4) is 6.07 Å². The topological polar surface area (TPSA) is 89.3 Å². The van der Waals surface area contributed by atoms with Gasteiger partial charge in [-0.1, -0.05) is 6.07 Å². The van der Waals surface area contributed by atoms with Crippen molar-refractivity contribution in [2.45, 2.75) is 31.2 Å². The van der Waals surface area contributed by atoms with E-state index < -0.39 is 30.8 Å². The van der Waals surface area contributed by atoms with Crippen LogP contribution in [0.2, 0.25) is 0 Å². The third-order valence-corrected chi connectivity index (χ3v) is 6.00. The van der Waals surface area contributed by atoms with Crippen LogP contribution in [0.3, 0.4) is 0 Å². The number of rotatable bonds is 6. The lowest BCUT2D eigenvalue weighted by Crippen LogP contribution is -2.40. The summed E-state index contributed by atoms with van der Waals surface area (Å²) in [4.78, 5) is 32.8. The largest absolute Gasteiger partial charge is 0.375 e. The first-order chi connectivity index (χ1) is 15.9. The van der Waals surface area contributed by atoms with E-state index in [0.29, 0.717) is 16.5 Å². The van der Waals surface area contributed by atoms with Crippen LogP contribution in [0.25, 0.3) is 17.0 Å². The van der Waals surface area contributed by atoms with Crippen LogP contribution in [0.5, 0.6) is 0 Å². The molecule has 1 aromatic carbocycles. The minimum absolute atomic E-state index is 0.126. The van der Waals surface area contributed by atoms with Gasteiger partial charge < -0.3 is 15.1 Å². The maximum Gasteiger partial charge on any atom is 0.268 e. The normalized spacial score (nSPS) is 20.3. The zero-order valence-electron chi connectivity index (χ0n) is 18.1. The summed E-state index contributed by atoms with van der Waals surface area (Å²) in [7, 11) is 0. The van der Waals surface area contributed by atoms with Gasteiger partial charge in [-0.2, -0.15) is 5.26 Å². The molecule has 0 spiro atoms. The first-order valence-electron chi connectivity index (χ1n) is 11.0. The van der Waals surface area contributed by atoms with Crippen molar-refractivity contribution in [1.82, 2.24) is 20.1 Å². The Morgan fingerprint density at radius 3 is 2.79 bits per heavy atom. The predicted octanol–water partition coefficient (Wildman–Crippen LogP) is 2.83. The van der Waals surface area contributed by atoms with E-state index in [-0.39, 0.29) is 18.6 Å². The fourth-order valence-corrected chi connectivity index (χ4v) is 4.23. The minimum Gasteiger partial charge on any atom is -0.375 e. The Morgan fingerprint density at radius 2 is 2.03 bits per heavy atom. The minimum atomic E-state index is -3.07. The van der Waals surface area contributed by atoms with Gasteiger partial charge in [-0.05, 0) is 36.0 Å². The second kappa shape index (κ2) is 9.63. The average molecular weight is 453 g/mol. The Kier molecular flexibility index (Phi) is 6.65. The van der Waals surface area contributed by atoms with Gasteiger partial charge in [-0.25, -0.2) is 8.78 Å². The maximum atomic E-state index is 13.6. The second-order valence-electron chi connectivity index (χ2n) is 8.39. The second-order valence-corrected chi connectivity index (χ2v) is 8.39. The molecule has 4 rings (SSSR count). The number of alkyl halides is 2. The number of hydrogen-bond donors (Lipinski definition) is 1. The summed E-state index contributed by atoms with van der Waals surface area (Å²) >= 11 is 0. The first-order valence-corrected chi connectivity index (χ1v) is 11.0. The van der Waals surface area contributed by atoms with E-state index in [0.717, 1.165) is 36.6 Å². The lowest BCUT2D eigenvalue weighted by molar-refractivity contribution is -0.132. The van der Waals surface area contributed by atoms with Crippen molar-refractivity contribution in [2.75, 3.05) is 32.7 Å². The van der Waals surface area contributed by atoms with E-state index >= 15 is 0 Å². The molecule has 2 fully saturated rings. The van der Waals surface area contributed by atoms with Gasteiger partial charge in [-0.3, -0.25) is 14.6 Å². The number of carbonyl (C=O) groups is 2. The molecule has 0 unspecified atom stereocenters. The van der Waals surface area contributed by atoms with Crippen molar-refractivity contribution in [1.29, 1.82) is 5.26 Å². The molecule has 3 heterocycles. The SMILES string of the molecule is N#C[C@@H]1CC(F)(F)CN1C(=O)CCC(=O)c1ccnc2ccc(/C=C/N3CCNCC3)cc12. The molecule has 9 heteroatoms. The number of aromatic nitrogens is 1. The van der Waals surface area contributed by atoms with Crippen molar-refractivity contribution in [3.05, 3.63) is 47.8 Å². The van der Waals surface area contributed by atoms with Crippen LogP contribution < -0.4 is 5.32 Å². The molecule has 0 radical (unpaired) electrons. The predicted molar refractivity (Wildman–Crippen MR) is 119 cm³/mol. The number of pyridine rings is 1. The Morgan fingerprint density at radius 1 is 1.24 bits per heavy atom. The quantitative estimate of drug-likeness (QED) is 0.677. The van der Waals surface area contributed by atoms with Gasteiger partial charge in [0.05, 0.1) is 18.1 Å². The summed E-state index contributed by atoms with van der Waals surface area (Å²) in [5.41, 5.74) is 2.03. The molecule has 7 nitrogen and oxygen atoms in total. The number of halogens is 2. The van der Waals surface area contributed by atoms with Gasteiger partial charge >= 0.3 is 0 Å². The highest BCUT2D eigenvalue weighted by Gasteiger charge is 2.47. The van der Waals surface area contributed by atoms with Crippen LogP contribution in [0.1, 0.15) is 35.2 Å². The number of hydrogen-bond acceptors (Lipinski definition) is 6. The summed E-state index contributed by atoms with van der Waals surface area (Å²) in [6.07, 6.45) is 4.56. The molecule has 33 heavy (non-hydrogen) atoms. The molecule has 2 aromatic rings. The van der Waals surface area contributed by atoms with Crippen molar-refractivity contribution in [2.24, 2.45) is 0 Å². The van der Waals surface area contributed by atoms with Gasteiger partial charge in [0.25, 0.3) is 5.92 Å². The maximum absolute atomic E-state index is 13.6. The third kappa shape index (κ3) is 5.34. The van der Waals surface area contributed by atoms with E-state index in [1.54, 1.807) is 18.3 Å². The Labute approximate surface area is 190 Å². The molecule has 1 amide bonds. The fraction of sp³-hybridized carbons (Fsp3) is 0.417. The van der Waals surface area contributed by atoms with Crippen LogP contribution in [0.15, 0.2) is 36.7 Å². The van der Waals surface area contributed by atoms with Crippen LogP contribution >= 0.6 is 0 Å². The molecular weight excluding hydrogens is 428 g/mol.